The topological polar surface area (TPSA) is 69.1 Å². The standard InChI is InChI=1S/C17H19N5O2/c1-13-3-4-15(24-13)17(23)21-10-14(11-22-7-2-5-19-22)9-20-8-6-18-16(20)12-21/h2-8,14H,9-12H2,1H3. The molecule has 0 saturated heterocycles. The Morgan fingerprint density at radius 3 is 2.96 bits per heavy atom. The fourth-order valence-electron chi connectivity index (χ4n) is 3.19. The third kappa shape index (κ3) is 2.84. The van der Waals surface area contributed by atoms with Crippen LogP contribution in [0, 0.1) is 12.8 Å². The van der Waals surface area contributed by atoms with Crippen LogP contribution in [-0.4, -0.2) is 36.7 Å². The number of fused-ring (bicyclic) bond motifs is 1. The number of carbonyl (C=O) groups is 1. The summed E-state index contributed by atoms with van der Waals surface area (Å²) in [6.07, 6.45) is 7.47. The molecule has 0 radical (unpaired) electrons. The van der Waals surface area contributed by atoms with E-state index in [2.05, 4.69) is 14.6 Å². The van der Waals surface area contributed by atoms with E-state index in [1.807, 2.05) is 41.0 Å². The first-order valence-corrected chi connectivity index (χ1v) is 8.02. The molecule has 1 aliphatic heterocycles. The van der Waals surface area contributed by atoms with Crippen LogP contribution >= 0.6 is 0 Å². The molecule has 24 heavy (non-hydrogen) atoms. The van der Waals surface area contributed by atoms with Gasteiger partial charge >= 0.3 is 0 Å². The summed E-state index contributed by atoms with van der Waals surface area (Å²) < 4.78 is 9.54. The van der Waals surface area contributed by atoms with E-state index in [1.54, 1.807) is 18.5 Å². The average Bonchev–Trinajstić information content (AvgIpc) is 3.28. The van der Waals surface area contributed by atoms with Crippen molar-refractivity contribution in [3.63, 3.8) is 0 Å². The molecule has 0 N–H and O–H groups in total. The van der Waals surface area contributed by atoms with Gasteiger partial charge in [0.2, 0.25) is 0 Å². The lowest BCUT2D eigenvalue weighted by molar-refractivity contribution is 0.0679. The highest BCUT2D eigenvalue weighted by Gasteiger charge is 2.28. The van der Waals surface area contributed by atoms with Crippen molar-refractivity contribution in [3.05, 3.63) is 60.3 Å². The summed E-state index contributed by atoms with van der Waals surface area (Å²) in [6.45, 7) is 4.54. The summed E-state index contributed by atoms with van der Waals surface area (Å²) in [5.74, 6) is 2.17. The minimum atomic E-state index is -0.0926. The summed E-state index contributed by atoms with van der Waals surface area (Å²) >= 11 is 0. The van der Waals surface area contributed by atoms with E-state index in [1.165, 1.54) is 0 Å². The van der Waals surface area contributed by atoms with Gasteiger partial charge in [0.15, 0.2) is 5.76 Å². The normalized spacial score (nSPS) is 17.5. The van der Waals surface area contributed by atoms with Crippen LogP contribution in [0.25, 0.3) is 0 Å². The number of nitrogens with zero attached hydrogens (tertiary/aromatic N) is 5. The number of rotatable bonds is 3. The smallest absolute Gasteiger partial charge is 0.289 e. The molecule has 0 aliphatic carbocycles. The van der Waals surface area contributed by atoms with Crippen molar-refractivity contribution >= 4 is 5.91 Å². The monoisotopic (exact) mass is 325 g/mol. The summed E-state index contributed by atoms with van der Waals surface area (Å²) in [6, 6.07) is 5.46. The van der Waals surface area contributed by atoms with Crippen molar-refractivity contribution in [2.24, 2.45) is 5.92 Å². The van der Waals surface area contributed by atoms with E-state index < -0.39 is 0 Å². The zero-order valence-electron chi connectivity index (χ0n) is 13.5. The molecule has 0 spiro atoms. The lowest BCUT2D eigenvalue weighted by Crippen LogP contribution is -2.35. The van der Waals surface area contributed by atoms with E-state index in [9.17, 15) is 4.79 Å². The highest BCUT2D eigenvalue weighted by Crippen LogP contribution is 2.20. The van der Waals surface area contributed by atoms with Gasteiger partial charge in [-0.2, -0.15) is 5.10 Å². The SMILES string of the molecule is Cc1ccc(C(=O)N2Cc3nccn3CC(Cn3cccn3)C2)o1. The molecule has 1 atom stereocenters. The molecule has 7 heteroatoms. The molecule has 0 saturated carbocycles. The Hall–Kier alpha value is -2.83. The van der Waals surface area contributed by atoms with Crippen LogP contribution < -0.4 is 0 Å². The van der Waals surface area contributed by atoms with E-state index in [4.69, 9.17) is 4.42 Å². The second kappa shape index (κ2) is 5.99. The minimum Gasteiger partial charge on any atom is -0.456 e. The number of aryl methyl sites for hydroxylation is 1. The van der Waals surface area contributed by atoms with Crippen LogP contribution in [0.15, 0.2) is 47.4 Å². The van der Waals surface area contributed by atoms with Gasteiger partial charge in [-0.05, 0) is 25.1 Å². The van der Waals surface area contributed by atoms with Crippen molar-refractivity contribution in [1.82, 2.24) is 24.2 Å². The third-order valence-corrected chi connectivity index (χ3v) is 4.31. The van der Waals surface area contributed by atoms with Crippen LogP contribution in [0.1, 0.15) is 22.1 Å². The first-order chi connectivity index (χ1) is 11.7. The second-order valence-electron chi connectivity index (χ2n) is 6.19. The quantitative estimate of drug-likeness (QED) is 0.738. The molecule has 1 aliphatic rings. The number of amides is 1. The van der Waals surface area contributed by atoms with Crippen LogP contribution in [0.2, 0.25) is 0 Å². The van der Waals surface area contributed by atoms with Crippen molar-refractivity contribution < 1.29 is 9.21 Å². The molecule has 0 bridgehead atoms. The Labute approximate surface area is 139 Å². The van der Waals surface area contributed by atoms with Gasteiger partial charge in [0.05, 0.1) is 6.54 Å². The molecule has 3 aromatic rings. The van der Waals surface area contributed by atoms with Crippen molar-refractivity contribution in [1.29, 1.82) is 0 Å². The van der Waals surface area contributed by atoms with Crippen molar-refractivity contribution in [2.75, 3.05) is 6.54 Å². The van der Waals surface area contributed by atoms with Gasteiger partial charge in [0.25, 0.3) is 5.91 Å². The molecular formula is C17H19N5O2. The molecule has 7 nitrogen and oxygen atoms in total. The van der Waals surface area contributed by atoms with E-state index in [0.717, 1.165) is 24.7 Å². The molecular weight excluding hydrogens is 306 g/mol. The average molecular weight is 325 g/mol. The van der Waals surface area contributed by atoms with E-state index in [0.29, 0.717) is 18.8 Å². The molecule has 4 heterocycles. The summed E-state index contributed by atoms with van der Waals surface area (Å²) in [7, 11) is 0. The lowest BCUT2D eigenvalue weighted by Gasteiger charge is -2.23. The highest BCUT2D eigenvalue weighted by atomic mass is 16.3. The molecule has 0 aromatic carbocycles. The molecule has 0 fully saturated rings. The number of hydrogen-bond donors (Lipinski definition) is 0. The van der Waals surface area contributed by atoms with E-state index in [-0.39, 0.29) is 11.8 Å². The maximum atomic E-state index is 12.8. The fourth-order valence-corrected chi connectivity index (χ4v) is 3.19. The first-order valence-electron chi connectivity index (χ1n) is 8.02. The Bertz CT molecular complexity index is 833. The molecule has 1 amide bonds. The van der Waals surface area contributed by atoms with Gasteiger partial charge in [-0.1, -0.05) is 0 Å². The largest absolute Gasteiger partial charge is 0.456 e. The zero-order valence-corrected chi connectivity index (χ0v) is 13.5. The highest BCUT2D eigenvalue weighted by molar-refractivity contribution is 5.91. The van der Waals surface area contributed by atoms with Gasteiger partial charge < -0.3 is 13.9 Å². The van der Waals surface area contributed by atoms with Gasteiger partial charge in [-0.15, -0.1) is 0 Å². The summed E-state index contributed by atoms with van der Waals surface area (Å²) in [5, 5.41) is 4.29. The lowest BCUT2D eigenvalue weighted by atomic mass is 10.1. The maximum absolute atomic E-state index is 12.8. The van der Waals surface area contributed by atoms with Crippen molar-refractivity contribution in [2.45, 2.75) is 26.6 Å². The molecule has 124 valence electrons. The molecule has 1 unspecified atom stereocenters. The third-order valence-electron chi connectivity index (χ3n) is 4.31. The first kappa shape index (κ1) is 14.7. The Kier molecular flexibility index (Phi) is 3.68. The Morgan fingerprint density at radius 1 is 1.29 bits per heavy atom. The van der Waals surface area contributed by atoms with Gasteiger partial charge in [0.1, 0.15) is 11.6 Å². The number of imidazole rings is 1. The number of furan rings is 1. The van der Waals surface area contributed by atoms with Crippen molar-refractivity contribution in [3.8, 4) is 0 Å². The Balaban J connectivity index is 1.60. The molecule has 4 rings (SSSR count). The number of hydrogen-bond acceptors (Lipinski definition) is 4. The minimum absolute atomic E-state index is 0.0926. The Morgan fingerprint density at radius 2 is 2.21 bits per heavy atom. The number of carbonyl (C=O) groups excluding carboxylic acids is 1. The van der Waals surface area contributed by atoms with Crippen LogP contribution in [0.3, 0.4) is 0 Å². The zero-order chi connectivity index (χ0) is 16.5. The molecule has 3 aromatic heterocycles. The van der Waals surface area contributed by atoms with Crippen LogP contribution in [-0.2, 0) is 19.6 Å². The van der Waals surface area contributed by atoms with Crippen LogP contribution in [0.5, 0.6) is 0 Å². The predicted octanol–water partition coefficient (Wildman–Crippen LogP) is 1.95. The number of aromatic nitrogens is 4. The van der Waals surface area contributed by atoms with Gasteiger partial charge in [0, 0.05) is 50.3 Å². The maximum Gasteiger partial charge on any atom is 0.289 e. The van der Waals surface area contributed by atoms with Crippen LogP contribution in [0.4, 0.5) is 0 Å². The predicted molar refractivity (Wildman–Crippen MR) is 86.1 cm³/mol. The van der Waals surface area contributed by atoms with Gasteiger partial charge in [-0.25, -0.2) is 4.98 Å². The second-order valence-corrected chi connectivity index (χ2v) is 6.19. The summed E-state index contributed by atoms with van der Waals surface area (Å²) in [5.41, 5.74) is 0. The summed E-state index contributed by atoms with van der Waals surface area (Å²) in [4.78, 5) is 19.0. The fraction of sp³-hybridized carbons (Fsp3) is 0.353. The van der Waals surface area contributed by atoms with E-state index >= 15 is 0 Å². The van der Waals surface area contributed by atoms with Gasteiger partial charge in [-0.3, -0.25) is 9.48 Å².